The molecule has 27 heavy (non-hydrogen) atoms. The van der Waals surface area contributed by atoms with Gasteiger partial charge in [-0.2, -0.15) is 0 Å². The van der Waals surface area contributed by atoms with E-state index in [2.05, 4.69) is 32.3 Å². The molecule has 0 atom stereocenters. The molecule has 2 aromatic carbocycles. The van der Waals surface area contributed by atoms with E-state index in [0.29, 0.717) is 24.1 Å². The monoisotopic (exact) mass is 380 g/mol. The Morgan fingerprint density at radius 1 is 1.11 bits per heavy atom. The molecule has 0 saturated heterocycles. The topological polar surface area (TPSA) is 61.0 Å². The smallest absolute Gasteiger partial charge is 0.257 e. The van der Waals surface area contributed by atoms with E-state index in [-0.39, 0.29) is 5.56 Å². The Labute approximate surface area is 163 Å². The van der Waals surface area contributed by atoms with Gasteiger partial charge in [0.05, 0.1) is 11.3 Å². The van der Waals surface area contributed by atoms with Crippen LogP contribution in [0.4, 0.5) is 5.95 Å². The van der Waals surface area contributed by atoms with Gasteiger partial charge < -0.3 is 5.32 Å². The molecule has 1 aliphatic heterocycles. The lowest BCUT2D eigenvalue weighted by Gasteiger charge is -2.27. The third-order valence-corrected chi connectivity index (χ3v) is 4.98. The van der Waals surface area contributed by atoms with Gasteiger partial charge in [0, 0.05) is 37.6 Å². The van der Waals surface area contributed by atoms with Crippen LogP contribution in [0.3, 0.4) is 0 Å². The molecule has 138 valence electrons. The number of nitrogens with one attached hydrogen (secondary N) is 2. The van der Waals surface area contributed by atoms with Crippen molar-refractivity contribution in [3.8, 4) is 0 Å². The molecule has 0 radical (unpaired) electrons. The van der Waals surface area contributed by atoms with Crippen LogP contribution in [0.15, 0.2) is 59.4 Å². The number of fused-ring (bicyclic) bond motifs is 1. The number of aromatic amines is 1. The quantitative estimate of drug-likeness (QED) is 0.710. The van der Waals surface area contributed by atoms with Crippen molar-refractivity contribution < 1.29 is 0 Å². The van der Waals surface area contributed by atoms with Crippen LogP contribution in [-0.2, 0) is 26.1 Å². The van der Waals surface area contributed by atoms with Crippen molar-refractivity contribution in [1.82, 2.24) is 14.9 Å². The molecule has 1 aliphatic rings. The number of aromatic nitrogens is 2. The van der Waals surface area contributed by atoms with E-state index < -0.39 is 0 Å². The molecule has 1 aromatic heterocycles. The van der Waals surface area contributed by atoms with Gasteiger partial charge >= 0.3 is 0 Å². The summed E-state index contributed by atoms with van der Waals surface area (Å²) in [6, 6.07) is 17.9. The predicted octanol–water partition coefficient (Wildman–Crippen LogP) is 3.59. The van der Waals surface area contributed by atoms with Crippen molar-refractivity contribution in [2.24, 2.45) is 0 Å². The van der Waals surface area contributed by atoms with Gasteiger partial charge in [-0.1, -0.05) is 54.1 Å². The minimum atomic E-state index is -0.0636. The Bertz CT molecular complexity index is 987. The van der Waals surface area contributed by atoms with Gasteiger partial charge in [-0.15, -0.1) is 0 Å². The van der Waals surface area contributed by atoms with Gasteiger partial charge in [0.2, 0.25) is 5.95 Å². The average Bonchev–Trinajstić information content (AvgIpc) is 2.68. The zero-order valence-corrected chi connectivity index (χ0v) is 15.7. The zero-order chi connectivity index (χ0) is 18.6. The maximum absolute atomic E-state index is 12.6. The fourth-order valence-corrected chi connectivity index (χ4v) is 3.59. The second kappa shape index (κ2) is 7.94. The summed E-state index contributed by atoms with van der Waals surface area (Å²) >= 11 is 6.01. The summed E-state index contributed by atoms with van der Waals surface area (Å²) in [5, 5.41) is 3.89. The number of benzene rings is 2. The van der Waals surface area contributed by atoms with E-state index in [4.69, 9.17) is 11.6 Å². The fraction of sp³-hybridized carbons (Fsp3) is 0.238. The Morgan fingerprint density at radius 3 is 2.74 bits per heavy atom. The first-order valence-electron chi connectivity index (χ1n) is 9.04. The minimum Gasteiger partial charge on any atom is -0.352 e. The van der Waals surface area contributed by atoms with Crippen LogP contribution in [0.1, 0.15) is 22.4 Å². The van der Waals surface area contributed by atoms with Gasteiger partial charge in [-0.05, 0) is 23.3 Å². The molecule has 3 aromatic rings. The molecular formula is C21H21ClN4O. The molecule has 4 rings (SSSR count). The number of hydrogen-bond acceptors (Lipinski definition) is 4. The second-order valence-electron chi connectivity index (χ2n) is 6.77. The number of hydrogen-bond donors (Lipinski definition) is 2. The van der Waals surface area contributed by atoms with Crippen LogP contribution in [0.25, 0.3) is 0 Å². The van der Waals surface area contributed by atoms with Crippen molar-refractivity contribution in [3.63, 3.8) is 0 Å². The molecule has 6 heteroatoms. The molecule has 0 bridgehead atoms. The van der Waals surface area contributed by atoms with E-state index >= 15 is 0 Å². The molecule has 2 heterocycles. The van der Waals surface area contributed by atoms with E-state index in [1.807, 2.05) is 42.5 Å². The van der Waals surface area contributed by atoms with E-state index in [1.54, 1.807) is 0 Å². The standard InChI is InChI=1S/C21H21ClN4O/c22-17-8-4-7-16(11-17)12-23-21-24-19-9-10-26(14-18(19)20(27)25-21)13-15-5-2-1-3-6-15/h1-8,11H,9-10,12-14H2,(H2,23,24,25,27). The second-order valence-corrected chi connectivity index (χ2v) is 7.21. The van der Waals surface area contributed by atoms with Crippen LogP contribution in [0, 0.1) is 0 Å². The Balaban J connectivity index is 1.45. The van der Waals surface area contributed by atoms with E-state index in [9.17, 15) is 4.79 Å². The van der Waals surface area contributed by atoms with Crippen LogP contribution in [0.2, 0.25) is 5.02 Å². The van der Waals surface area contributed by atoms with Crippen LogP contribution in [-0.4, -0.2) is 21.4 Å². The number of halogens is 1. The highest BCUT2D eigenvalue weighted by Gasteiger charge is 2.21. The summed E-state index contributed by atoms with van der Waals surface area (Å²) < 4.78 is 0. The normalized spacial score (nSPS) is 14.0. The van der Waals surface area contributed by atoms with Crippen molar-refractivity contribution >= 4 is 17.5 Å². The van der Waals surface area contributed by atoms with Crippen LogP contribution < -0.4 is 10.9 Å². The van der Waals surface area contributed by atoms with Gasteiger partial charge in [0.1, 0.15) is 0 Å². The van der Waals surface area contributed by atoms with Crippen molar-refractivity contribution in [3.05, 3.63) is 92.4 Å². The molecule has 0 spiro atoms. The summed E-state index contributed by atoms with van der Waals surface area (Å²) in [5.74, 6) is 0.509. The largest absolute Gasteiger partial charge is 0.352 e. The summed E-state index contributed by atoms with van der Waals surface area (Å²) in [4.78, 5) is 22.3. The van der Waals surface area contributed by atoms with Gasteiger partial charge in [0.15, 0.2) is 0 Å². The molecular weight excluding hydrogens is 360 g/mol. The van der Waals surface area contributed by atoms with Crippen molar-refractivity contribution in [2.75, 3.05) is 11.9 Å². The van der Waals surface area contributed by atoms with Crippen LogP contribution >= 0.6 is 11.6 Å². The first kappa shape index (κ1) is 17.8. The van der Waals surface area contributed by atoms with E-state index in [1.165, 1.54) is 5.56 Å². The number of nitrogens with zero attached hydrogens (tertiary/aromatic N) is 2. The maximum Gasteiger partial charge on any atom is 0.257 e. The maximum atomic E-state index is 12.6. The predicted molar refractivity (Wildman–Crippen MR) is 108 cm³/mol. The molecule has 0 saturated carbocycles. The third kappa shape index (κ3) is 4.38. The lowest BCUT2D eigenvalue weighted by Crippen LogP contribution is -2.35. The first-order chi connectivity index (χ1) is 13.2. The van der Waals surface area contributed by atoms with Crippen molar-refractivity contribution in [1.29, 1.82) is 0 Å². The summed E-state index contributed by atoms with van der Waals surface area (Å²) in [7, 11) is 0. The highest BCUT2D eigenvalue weighted by atomic mass is 35.5. The Kier molecular flexibility index (Phi) is 5.23. The number of H-pyrrole nitrogens is 1. The van der Waals surface area contributed by atoms with Gasteiger partial charge in [0.25, 0.3) is 5.56 Å². The molecule has 0 aliphatic carbocycles. The molecule has 2 N–H and O–H groups in total. The number of rotatable bonds is 5. The minimum absolute atomic E-state index is 0.0636. The average molecular weight is 381 g/mol. The summed E-state index contributed by atoms with van der Waals surface area (Å²) in [6.07, 6.45) is 0.776. The summed E-state index contributed by atoms with van der Waals surface area (Å²) in [5.41, 5.74) is 3.88. The first-order valence-corrected chi connectivity index (χ1v) is 9.42. The third-order valence-electron chi connectivity index (χ3n) is 4.75. The highest BCUT2D eigenvalue weighted by Crippen LogP contribution is 2.18. The van der Waals surface area contributed by atoms with Crippen molar-refractivity contribution in [2.45, 2.75) is 26.1 Å². The summed E-state index contributed by atoms with van der Waals surface area (Å²) in [6.45, 7) is 2.92. The van der Waals surface area contributed by atoms with Gasteiger partial charge in [-0.25, -0.2) is 4.98 Å². The Morgan fingerprint density at radius 2 is 1.93 bits per heavy atom. The highest BCUT2D eigenvalue weighted by molar-refractivity contribution is 6.30. The zero-order valence-electron chi connectivity index (χ0n) is 14.9. The molecule has 5 nitrogen and oxygen atoms in total. The SMILES string of the molecule is O=c1[nH]c(NCc2cccc(Cl)c2)nc2c1CN(Cc1ccccc1)CC2. The molecule has 0 fully saturated rings. The van der Waals surface area contributed by atoms with Crippen LogP contribution in [0.5, 0.6) is 0 Å². The van der Waals surface area contributed by atoms with Gasteiger partial charge in [-0.3, -0.25) is 14.7 Å². The number of anilines is 1. The molecule has 0 amide bonds. The van der Waals surface area contributed by atoms with E-state index in [0.717, 1.165) is 36.3 Å². The lowest BCUT2D eigenvalue weighted by atomic mass is 10.1. The lowest BCUT2D eigenvalue weighted by molar-refractivity contribution is 0.242. The Hall–Kier alpha value is -2.63. The molecule has 0 unspecified atom stereocenters. The fourth-order valence-electron chi connectivity index (χ4n) is 3.37.